The van der Waals surface area contributed by atoms with Crippen molar-refractivity contribution in [1.82, 2.24) is 0 Å². The van der Waals surface area contributed by atoms with Gasteiger partial charge in [0, 0.05) is 0 Å². The molecule has 0 radical (unpaired) electrons. The van der Waals surface area contributed by atoms with Gasteiger partial charge < -0.3 is 9.05 Å². The lowest BCUT2D eigenvalue weighted by molar-refractivity contribution is 0.145. The lowest BCUT2D eigenvalue weighted by Gasteiger charge is -2.23. The van der Waals surface area contributed by atoms with Gasteiger partial charge >= 0.3 is 7.60 Å². The third-order valence-electron chi connectivity index (χ3n) is 1.31. The number of thioether (sulfide) groups is 1. The van der Waals surface area contributed by atoms with Gasteiger partial charge in [-0.2, -0.15) is 0 Å². The smallest absolute Gasteiger partial charge is 0.305 e. The molecule has 0 spiro atoms. The molecule has 0 bridgehead atoms. The average molecular weight is 254 g/mol. The van der Waals surface area contributed by atoms with Gasteiger partial charge in [0.25, 0.3) is 0 Å². The second-order valence-corrected chi connectivity index (χ2v) is 8.22. The van der Waals surface area contributed by atoms with E-state index in [0.717, 1.165) is 0 Å². The Labute approximate surface area is 97.8 Å². The molecular weight excluding hydrogens is 231 g/mol. The molecule has 0 aromatic heterocycles. The predicted octanol–water partition coefficient (Wildman–Crippen LogP) is 4.13. The molecule has 0 aliphatic heterocycles. The van der Waals surface area contributed by atoms with Gasteiger partial charge in [-0.25, -0.2) is 0 Å². The fourth-order valence-corrected chi connectivity index (χ4v) is 4.71. The van der Waals surface area contributed by atoms with E-state index in [-0.39, 0.29) is 12.2 Å². The van der Waals surface area contributed by atoms with E-state index in [1.807, 2.05) is 27.7 Å². The summed E-state index contributed by atoms with van der Waals surface area (Å²) in [5.74, 6) is 0. The maximum atomic E-state index is 12.3. The number of rotatable bonds is 7. The summed E-state index contributed by atoms with van der Waals surface area (Å²) in [6, 6.07) is 0. The van der Waals surface area contributed by atoms with E-state index < -0.39 is 7.60 Å². The molecule has 0 aromatic carbocycles. The molecule has 0 aliphatic carbocycles. The van der Waals surface area contributed by atoms with E-state index in [1.54, 1.807) is 11.8 Å². The fourth-order valence-electron chi connectivity index (χ4n) is 0.968. The quantitative estimate of drug-likeness (QED) is 0.640. The summed E-state index contributed by atoms with van der Waals surface area (Å²) in [4.78, 5) is 0. The van der Waals surface area contributed by atoms with Crippen LogP contribution in [0, 0.1) is 0 Å². The first-order chi connectivity index (χ1) is 6.75. The zero-order valence-corrected chi connectivity index (χ0v) is 12.2. The van der Waals surface area contributed by atoms with Gasteiger partial charge in [-0.3, -0.25) is 4.57 Å². The first-order valence-electron chi connectivity index (χ1n) is 5.32. The molecule has 0 amide bonds. The van der Waals surface area contributed by atoms with Crippen molar-refractivity contribution in [3.8, 4) is 0 Å². The van der Waals surface area contributed by atoms with Crippen molar-refractivity contribution in [3.63, 3.8) is 0 Å². The number of hydrogen-bond acceptors (Lipinski definition) is 4. The highest BCUT2D eigenvalue weighted by atomic mass is 32.2. The summed E-state index contributed by atoms with van der Waals surface area (Å²) in [6.07, 6.45) is -0.135. The highest BCUT2D eigenvalue weighted by Gasteiger charge is 2.27. The molecule has 0 atom stereocenters. The van der Waals surface area contributed by atoms with Crippen molar-refractivity contribution >= 4 is 19.4 Å². The second kappa shape index (κ2) is 6.95. The van der Waals surface area contributed by atoms with Crippen molar-refractivity contribution in [2.24, 2.45) is 0 Å². The Morgan fingerprint density at radius 3 is 1.67 bits per heavy atom. The lowest BCUT2D eigenvalue weighted by atomic mass is 10.5. The molecular formula is C10H23O3PS. The Bertz CT molecular complexity index is 203. The predicted molar refractivity (Wildman–Crippen MR) is 67.6 cm³/mol. The van der Waals surface area contributed by atoms with Gasteiger partial charge in [0.1, 0.15) is 0 Å². The molecule has 0 fully saturated rings. The summed E-state index contributed by atoms with van der Waals surface area (Å²) >= 11 is 1.61. The van der Waals surface area contributed by atoms with E-state index in [2.05, 4.69) is 13.8 Å². The Kier molecular flexibility index (Phi) is 7.18. The standard InChI is InChI=1S/C10H23O3PS/c1-8(2)12-14(11,13-9(3)4)7-15-10(5)6/h8-10H,7H2,1-6H3. The molecule has 0 rings (SSSR count). The largest absolute Gasteiger partial charge is 0.340 e. The van der Waals surface area contributed by atoms with E-state index in [0.29, 0.717) is 10.7 Å². The van der Waals surface area contributed by atoms with Gasteiger partial charge in [0.05, 0.1) is 17.7 Å². The molecule has 3 nitrogen and oxygen atoms in total. The SMILES string of the molecule is CC(C)OP(=O)(CSC(C)C)OC(C)C. The maximum Gasteiger partial charge on any atom is 0.340 e. The molecule has 0 unspecified atom stereocenters. The van der Waals surface area contributed by atoms with Crippen molar-refractivity contribution < 1.29 is 13.6 Å². The first-order valence-corrected chi connectivity index (χ1v) is 8.10. The molecule has 0 saturated carbocycles. The maximum absolute atomic E-state index is 12.3. The zero-order chi connectivity index (χ0) is 12.1. The van der Waals surface area contributed by atoms with Gasteiger partial charge in [-0.15, -0.1) is 11.8 Å². The molecule has 15 heavy (non-hydrogen) atoms. The summed E-state index contributed by atoms with van der Waals surface area (Å²) in [5.41, 5.74) is 0.432. The Morgan fingerprint density at radius 2 is 1.40 bits per heavy atom. The Morgan fingerprint density at radius 1 is 1.00 bits per heavy atom. The second-order valence-electron chi connectivity index (χ2n) is 4.26. The van der Waals surface area contributed by atoms with Crippen molar-refractivity contribution in [3.05, 3.63) is 0 Å². The van der Waals surface area contributed by atoms with Crippen LogP contribution in [0.4, 0.5) is 0 Å². The van der Waals surface area contributed by atoms with Crippen LogP contribution in [0.5, 0.6) is 0 Å². The fraction of sp³-hybridized carbons (Fsp3) is 1.00. The van der Waals surface area contributed by atoms with Crippen LogP contribution in [0.25, 0.3) is 0 Å². The zero-order valence-electron chi connectivity index (χ0n) is 10.5. The van der Waals surface area contributed by atoms with E-state index in [9.17, 15) is 4.57 Å². The van der Waals surface area contributed by atoms with E-state index >= 15 is 0 Å². The molecule has 0 aromatic rings. The minimum atomic E-state index is -2.92. The van der Waals surface area contributed by atoms with Crippen LogP contribution >= 0.6 is 19.4 Å². The van der Waals surface area contributed by atoms with Gasteiger partial charge in [-0.05, 0) is 32.9 Å². The summed E-state index contributed by atoms with van der Waals surface area (Å²) in [6.45, 7) is 11.6. The van der Waals surface area contributed by atoms with Crippen LogP contribution in [-0.4, -0.2) is 23.0 Å². The van der Waals surface area contributed by atoms with Crippen LogP contribution in [0.1, 0.15) is 41.5 Å². The summed E-state index contributed by atoms with van der Waals surface area (Å²) in [5, 5.41) is 0.435. The molecule has 0 heterocycles. The molecule has 5 heteroatoms. The molecule has 0 N–H and O–H groups in total. The minimum Gasteiger partial charge on any atom is -0.305 e. The van der Waals surface area contributed by atoms with Crippen LogP contribution in [-0.2, 0) is 13.6 Å². The monoisotopic (exact) mass is 254 g/mol. The van der Waals surface area contributed by atoms with Crippen molar-refractivity contribution in [2.75, 3.05) is 5.49 Å². The summed E-state index contributed by atoms with van der Waals surface area (Å²) < 4.78 is 23.1. The van der Waals surface area contributed by atoms with Crippen molar-refractivity contribution in [2.45, 2.75) is 59.0 Å². The molecule has 0 aliphatic rings. The van der Waals surface area contributed by atoms with Gasteiger partial charge in [0.2, 0.25) is 0 Å². The topological polar surface area (TPSA) is 35.5 Å². The first kappa shape index (κ1) is 15.5. The average Bonchev–Trinajstić information content (AvgIpc) is 1.97. The lowest BCUT2D eigenvalue weighted by Crippen LogP contribution is -2.10. The third-order valence-corrected chi connectivity index (χ3v) is 5.32. The van der Waals surface area contributed by atoms with Gasteiger partial charge in [0.15, 0.2) is 0 Å². The summed E-state index contributed by atoms with van der Waals surface area (Å²) in [7, 11) is -2.92. The molecule has 92 valence electrons. The van der Waals surface area contributed by atoms with Crippen molar-refractivity contribution in [1.29, 1.82) is 0 Å². The van der Waals surface area contributed by atoms with Crippen LogP contribution in [0.3, 0.4) is 0 Å². The Balaban J connectivity index is 4.34. The minimum absolute atomic E-state index is 0.0673. The highest BCUT2D eigenvalue weighted by Crippen LogP contribution is 2.53. The normalized spacial score (nSPS) is 13.1. The van der Waals surface area contributed by atoms with Crippen LogP contribution in [0.2, 0.25) is 0 Å². The highest BCUT2D eigenvalue weighted by molar-refractivity contribution is 8.05. The van der Waals surface area contributed by atoms with E-state index in [1.165, 1.54) is 0 Å². The van der Waals surface area contributed by atoms with E-state index in [4.69, 9.17) is 9.05 Å². The molecule has 0 saturated heterocycles. The number of hydrogen-bond donors (Lipinski definition) is 0. The van der Waals surface area contributed by atoms with Crippen LogP contribution in [0.15, 0.2) is 0 Å². The van der Waals surface area contributed by atoms with Gasteiger partial charge in [-0.1, -0.05) is 13.8 Å². The third kappa shape index (κ3) is 8.32. The Hall–Kier alpha value is 0.500. The van der Waals surface area contributed by atoms with Crippen LogP contribution < -0.4 is 0 Å².